The van der Waals surface area contributed by atoms with E-state index in [2.05, 4.69) is 22.6 Å². The molecule has 0 aliphatic carbocycles. The Bertz CT molecular complexity index is 432. The minimum absolute atomic E-state index is 0.394. The van der Waals surface area contributed by atoms with Gasteiger partial charge in [-0.15, -0.1) is 0 Å². The van der Waals surface area contributed by atoms with Crippen LogP contribution in [0.3, 0.4) is 0 Å². The fourth-order valence-electron chi connectivity index (χ4n) is 1.68. The van der Waals surface area contributed by atoms with Gasteiger partial charge in [-0.1, -0.05) is 0 Å². The molecule has 1 amide bonds. The predicted octanol–water partition coefficient (Wildman–Crippen LogP) is 1.56. The van der Waals surface area contributed by atoms with E-state index in [1.165, 1.54) is 0 Å². The molecule has 0 aliphatic rings. The highest BCUT2D eigenvalue weighted by Gasteiger charge is 2.20. The van der Waals surface area contributed by atoms with Crippen molar-refractivity contribution < 1.29 is 19.0 Å². The van der Waals surface area contributed by atoms with Crippen LogP contribution < -0.4 is 10.5 Å². The monoisotopic (exact) mass is 365 g/mol. The molecule has 0 saturated heterocycles. The van der Waals surface area contributed by atoms with Crippen LogP contribution in [0.1, 0.15) is 15.9 Å². The smallest absolute Gasteiger partial charge is 0.249 e. The molecule has 0 bridgehead atoms. The Morgan fingerprint density at radius 3 is 2.39 bits per heavy atom. The van der Waals surface area contributed by atoms with E-state index < -0.39 is 12.2 Å². The van der Waals surface area contributed by atoms with E-state index in [1.54, 1.807) is 33.5 Å². The summed E-state index contributed by atoms with van der Waals surface area (Å²) in [5.74, 6) is 0.136. The fourth-order valence-corrected chi connectivity index (χ4v) is 2.41. The average molecular weight is 365 g/mol. The molecule has 100 valence electrons. The Labute approximate surface area is 120 Å². The quantitative estimate of drug-likeness (QED) is 0.614. The van der Waals surface area contributed by atoms with Crippen molar-refractivity contribution in [2.24, 2.45) is 5.73 Å². The minimum atomic E-state index is -0.495. The zero-order valence-corrected chi connectivity index (χ0v) is 12.7. The van der Waals surface area contributed by atoms with Crippen molar-refractivity contribution in [3.05, 3.63) is 26.8 Å². The lowest BCUT2D eigenvalue weighted by Gasteiger charge is -2.18. The van der Waals surface area contributed by atoms with E-state index in [4.69, 9.17) is 19.9 Å². The van der Waals surface area contributed by atoms with Crippen molar-refractivity contribution in [1.82, 2.24) is 0 Å². The van der Waals surface area contributed by atoms with Crippen molar-refractivity contribution in [3.63, 3.8) is 0 Å². The summed E-state index contributed by atoms with van der Waals surface area (Å²) in [6.45, 7) is 0. The van der Waals surface area contributed by atoms with Crippen LogP contribution in [0.2, 0.25) is 0 Å². The molecule has 1 aromatic carbocycles. The molecule has 0 saturated carbocycles. The lowest BCUT2D eigenvalue weighted by atomic mass is 10.0. The van der Waals surface area contributed by atoms with Gasteiger partial charge in [-0.3, -0.25) is 4.79 Å². The van der Waals surface area contributed by atoms with E-state index in [9.17, 15) is 4.79 Å². The summed E-state index contributed by atoms with van der Waals surface area (Å²) >= 11 is 2.14. The Balaban J connectivity index is 3.26. The molecule has 18 heavy (non-hydrogen) atoms. The van der Waals surface area contributed by atoms with Crippen LogP contribution in [-0.4, -0.2) is 33.5 Å². The average Bonchev–Trinajstić information content (AvgIpc) is 2.35. The molecule has 1 rings (SSSR count). The molecule has 0 heterocycles. The van der Waals surface area contributed by atoms with Gasteiger partial charge >= 0.3 is 0 Å². The van der Waals surface area contributed by atoms with Gasteiger partial charge < -0.3 is 19.9 Å². The lowest BCUT2D eigenvalue weighted by Crippen LogP contribution is -2.21. The van der Waals surface area contributed by atoms with Crippen molar-refractivity contribution >= 4 is 28.5 Å². The maximum atomic E-state index is 11.4. The summed E-state index contributed by atoms with van der Waals surface area (Å²) in [4.78, 5) is 11.4. The van der Waals surface area contributed by atoms with Crippen molar-refractivity contribution in [2.45, 2.75) is 12.7 Å². The first-order valence-corrected chi connectivity index (χ1v) is 6.33. The number of nitrogens with two attached hydrogens (primary N) is 1. The largest absolute Gasteiger partial charge is 0.495 e. The molecule has 0 fully saturated rings. The van der Waals surface area contributed by atoms with E-state index in [0.29, 0.717) is 23.3 Å². The summed E-state index contributed by atoms with van der Waals surface area (Å²) < 4.78 is 16.5. The van der Waals surface area contributed by atoms with Gasteiger partial charge in [0.1, 0.15) is 5.75 Å². The van der Waals surface area contributed by atoms with Crippen LogP contribution in [0.4, 0.5) is 0 Å². The van der Waals surface area contributed by atoms with Gasteiger partial charge in [-0.2, -0.15) is 0 Å². The standard InChI is InChI=1S/C12H16INO4/c1-16-10(17-2)6-8-7(12(14)15)4-5-9(13)11(8)18-3/h4-5,10H,6H2,1-3H3,(H2,14,15). The number of amides is 1. The highest BCUT2D eigenvalue weighted by molar-refractivity contribution is 14.1. The van der Waals surface area contributed by atoms with Crippen LogP contribution in [0, 0.1) is 3.57 Å². The number of carbonyl (C=O) groups excluding carboxylic acids is 1. The topological polar surface area (TPSA) is 70.8 Å². The molecule has 5 nitrogen and oxygen atoms in total. The van der Waals surface area contributed by atoms with Gasteiger partial charge in [0.05, 0.1) is 10.7 Å². The van der Waals surface area contributed by atoms with E-state index in [0.717, 1.165) is 3.57 Å². The first-order valence-electron chi connectivity index (χ1n) is 5.25. The third kappa shape index (κ3) is 3.33. The van der Waals surface area contributed by atoms with Gasteiger partial charge in [0.15, 0.2) is 6.29 Å². The maximum absolute atomic E-state index is 11.4. The van der Waals surface area contributed by atoms with Crippen LogP contribution in [0.5, 0.6) is 5.75 Å². The second-order valence-corrected chi connectivity index (χ2v) is 4.74. The summed E-state index contributed by atoms with van der Waals surface area (Å²) in [7, 11) is 4.64. The number of methoxy groups -OCH3 is 3. The number of hydrogen-bond donors (Lipinski definition) is 1. The van der Waals surface area contributed by atoms with Gasteiger partial charge in [-0.05, 0) is 34.7 Å². The molecule has 0 unspecified atom stereocenters. The fraction of sp³-hybridized carbons (Fsp3) is 0.417. The third-order valence-electron chi connectivity index (χ3n) is 2.58. The van der Waals surface area contributed by atoms with Crippen molar-refractivity contribution in [3.8, 4) is 5.75 Å². The van der Waals surface area contributed by atoms with Crippen LogP contribution >= 0.6 is 22.6 Å². The van der Waals surface area contributed by atoms with E-state index in [-0.39, 0.29) is 0 Å². The van der Waals surface area contributed by atoms with E-state index in [1.807, 2.05) is 0 Å². The highest BCUT2D eigenvalue weighted by Crippen LogP contribution is 2.30. The molecule has 6 heteroatoms. The molecule has 0 aliphatic heterocycles. The zero-order valence-electron chi connectivity index (χ0n) is 10.5. The second kappa shape index (κ2) is 6.91. The maximum Gasteiger partial charge on any atom is 0.249 e. The molecular weight excluding hydrogens is 349 g/mol. The number of benzene rings is 1. The summed E-state index contributed by atoms with van der Waals surface area (Å²) in [5.41, 5.74) is 6.49. The normalized spacial score (nSPS) is 10.7. The SMILES string of the molecule is COc1c(I)ccc(C(N)=O)c1CC(OC)OC. The van der Waals surface area contributed by atoms with Gasteiger partial charge in [0.2, 0.25) is 5.91 Å². The Morgan fingerprint density at radius 1 is 1.33 bits per heavy atom. The summed E-state index contributed by atoms with van der Waals surface area (Å²) in [5, 5.41) is 0. The summed E-state index contributed by atoms with van der Waals surface area (Å²) in [6, 6.07) is 3.47. The van der Waals surface area contributed by atoms with Crippen molar-refractivity contribution in [1.29, 1.82) is 0 Å². The molecule has 0 radical (unpaired) electrons. The van der Waals surface area contributed by atoms with Gasteiger partial charge in [0.25, 0.3) is 0 Å². The first-order chi connectivity index (χ1) is 8.54. The minimum Gasteiger partial charge on any atom is -0.495 e. The molecular formula is C12H16INO4. The number of hydrogen-bond acceptors (Lipinski definition) is 4. The third-order valence-corrected chi connectivity index (χ3v) is 3.43. The van der Waals surface area contributed by atoms with Gasteiger partial charge in [-0.25, -0.2) is 0 Å². The highest BCUT2D eigenvalue weighted by atomic mass is 127. The number of ether oxygens (including phenoxy) is 3. The van der Waals surface area contributed by atoms with Gasteiger partial charge in [0, 0.05) is 31.8 Å². The Morgan fingerprint density at radius 2 is 1.94 bits per heavy atom. The zero-order chi connectivity index (χ0) is 13.7. The molecule has 0 atom stereocenters. The van der Waals surface area contributed by atoms with E-state index >= 15 is 0 Å². The molecule has 2 N–H and O–H groups in total. The molecule has 0 aromatic heterocycles. The lowest BCUT2D eigenvalue weighted by molar-refractivity contribution is -0.100. The molecule has 0 spiro atoms. The number of halogens is 1. The van der Waals surface area contributed by atoms with Crippen molar-refractivity contribution in [2.75, 3.05) is 21.3 Å². The Hall–Kier alpha value is -0.860. The van der Waals surface area contributed by atoms with Crippen LogP contribution in [0.25, 0.3) is 0 Å². The molecule has 1 aromatic rings. The predicted molar refractivity (Wildman–Crippen MR) is 75.7 cm³/mol. The summed E-state index contributed by atoms with van der Waals surface area (Å²) in [6.07, 6.45) is -0.0548. The number of primary amides is 1. The number of carbonyl (C=O) groups is 1. The number of rotatable bonds is 6. The van der Waals surface area contributed by atoms with Crippen LogP contribution in [-0.2, 0) is 15.9 Å². The van der Waals surface area contributed by atoms with Crippen LogP contribution in [0.15, 0.2) is 12.1 Å². The second-order valence-electron chi connectivity index (χ2n) is 3.58. The Kier molecular flexibility index (Phi) is 5.83. The first kappa shape index (κ1) is 15.2.